The van der Waals surface area contributed by atoms with Crippen molar-refractivity contribution in [3.05, 3.63) is 18.2 Å². The predicted molar refractivity (Wildman–Crippen MR) is 126 cm³/mol. The van der Waals surface area contributed by atoms with Crippen LogP contribution >= 0.6 is 0 Å². The molecule has 4 rings (SSSR count). The first-order chi connectivity index (χ1) is 15.7. The van der Waals surface area contributed by atoms with Crippen LogP contribution in [0.5, 0.6) is 5.75 Å². The van der Waals surface area contributed by atoms with E-state index in [1.165, 1.54) is 21.3 Å². The Morgan fingerprint density at radius 3 is 2.58 bits per heavy atom. The van der Waals surface area contributed by atoms with Crippen LogP contribution in [0.25, 0.3) is 0 Å². The number of piperidine rings is 1. The van der Waals surface area contributed by atoms with Gasteiger partial charge >= 0.3 is 0 Å². The first-order valence-corrected chi connectivity index (χ1v) is 13.5. The molecule has 0 aromatic heterocycles. The molecule has 0 unspecified atom stereocenters. The van der Waals surface area contributed by atoms with Gasteiger partial charge in [-0.05, 0) is 55.2 Å². The Kier molecular flexibility index (Phi) is 7.00. The summed E-state index contributed by atoms with van der Waals surface area (Å²) in [5.41, 5.74) is 0.331. The quantitative estimate of drug-likeness (QED) is 0.704. The van der Waals surface area contributed by atoms with Gasteiger partial charge in [-0.15, -0.1) is 0 Å². The number of anilines is 1. The lowest BCUT2D eigenvalue weighted by Crippen LogP contribution is -2.50. The molecule has 0 spiro atoms. The summed E-state index contributed by atoms with van der Waals surface area (Å²) in [6, 6.07) is 4.66. The fourth-order valence-corrected chi connectivity index (χ4v) is 6.56. The summed E-state index contributed by atoms with van der Waals surface area (Å²) >= 11 is 0. The molecule has 1 N–H and O–H groups in total. The molecule has 9 heteroatoms. The smallest absolute Gasteiger partial charge is 0.265 e. The van der Waals surface area contributed by atoms with Crippen molar-refractivity contribution in [3.63, 3.8) is 0 Å². The molecule has 3 aliphatic rings. The Morgan fingerprint density at radius 2 is 1.85 bits per heavy atom. The molecular weight excluding hydrogens is 442 g/mol. The summed E-state index contributed by atoms with van der Waals surface area (Å²) in [6.07, 6.45) is 4.83. The average Bonchev–Trinajstić information content (AvgIpc) is 2.79. The topological polar surface area (TPSA) is 96.0 Å². The second-order valence-electron chi connectivity index (χ2n) is 9.93. The van der Waals surface area contributed by atoms with E-state index in [-0.39, 0.29) is 35.9 Å². The standard InChI is InChI=1S/C24H35N3O5S/c1-16-9-11-26(12-10-16)33(30,31)19-7-8-22-21(13-19)27(24(29)15-32-22)14-23(28)25-20-6-4-5-17(2)18(20)3/h7-8,13,16-18,20H,4-6,9-12,14-15H2,1-3H3,(H,25,28)/t17-,18+,20-/m1/s1. The molecule has 33 heavy (non-hydrogen) atoms. The lowest BCUT2D eigenvalue weighted by molar-refractivity contribution is -0.126. The molecule has 1 aromatic carbocycles. The van der Waals surface area contributed by atoms with Crippen molar-refractivity contribution < 1.29 is 22.7 Å². The Morgan fingerprint density at radius 1 is 1.12 bits per heavy atom. The SMILES string of the molecule is CC1CCN(S(=O)(=O)c2ccc3c(c2)N(CC(=O)N[C@@H]2CCC[C@@H](C)[C@@H]2C)C(=O)CO3)CC1. The zero-order chi connectivity index (χ0) is 23.8. The number of sulfonamides is 1. The van der Waals surface area contributed by atoms with E-state index in [4.69, 9.17) is 4.74 Å². The minimum absolute atomic E-state index is 0.0880. The van der Waals surface area contributed by atoms with E-state index in [0.717, 1.165) is 32.1 Å². The molecular formula is C24H35N3O5S. The normalized spacial score (nSPS) is 27.1. The number of nitrogens with one attached hydrogen (secondary N) is 1. The van der Waals surface area contributed by atoms with Crippen LogP contribution in [0.15, 0.2) is 23.1 Å². The summed E-state index contributed by atoms with van der Waals surface area (Å²) in [5, 5.41) is 3.10. The van der Waals surface area contributed by atoms with Crippen LogP contribution in [0.4, 0.5) is 5.69 Å². The van der Waals surface area contributed by atoms with Crippen molar-refractivity contribution in [2.24, 2.45) is 17.8 Å². The molecule has 8 nitrogen and oxygen atoms in total. The fraction of sp³-hybridized carbons (Fsp3) is 0.667. The second kappa shape index (κ2) is 9.62. The van der Waals surface area contributed by atoms with Crippen molar-refractivity contribution >= 4 is 27.5 Å². The average molecular weight is 478 g/mol. The molecule has 1 saturated carbocycles. The molecule has 2 fully saturated rings. The van der Waals surface area contributed by atoms with Crippen molar-refractivity contribution in [2.75, 3.05) is 31.1 Å². The molecule has 0 bridgehead atoms. The molecule has 1 aliphatic carbocycles. The third kappa shape index (κ3) is 5.04. The zero-order valence-corrected chi connectivity index (χ0v) is 20.6. The van der Waals surface area contributed by atoms with Gasteiger partial charge in [0.25, 0.3) is 5.91 Å². The summed E-state index contributed by atoms with van der Waals surface area (Å²) in [6.45, 7) is 7.13. The van der Waals surface area contributed by atoms with Crippen molar-refractivity contribution in [3.8, 4) is 5.75 Å². The van der Waals surface area contributed by atoms with E-state index in [2.05, 4.69) is 26.1 Å². The van der Waals surface area contributed by atoms with Gasteiger partial charge in [-0.2, -0.15) is 4.31 Å². The number of benzene rings is 1. The van der Waals surface area contributed by atoms with Gasteiger partial charge in [0.1, 0.15) is 12.3 Å². The van der Waals surface area contributed by atoms with Gasteiger partial charge in [0.2, 0.25) is 15.9 Å². The monoisotopic (exact) mass is 477 g/mol. The van der Waals surface area contributed by atoms with Crippen molar-refractivity contribution in [2.45, 2.75) is 63.8 Å². The minimum Gasteiger partial charge on any atom is -0.482 e. The molecule has 2 aliphatic heterocycles. The Bertz CT molecular complexity index is 1000. The van der Waals surface area contributed by atoms with E-state index >= 15 is 0 Å². The number of ether oxygens (including phenoxy) is 1. The first kappa shape index (κ1) is 24.0. The minimum atomic E-state index is -3.69. The highest BCUT2D eigenvalue weighted by Gasteiger charge is 2.34. The Balaban J connectivity index is 1.53. The number of amides is 2. The van der Waals surface area contributed by atoms with Gasteiger partial charge in [-0.1, -0.05) is 33.6 Å². The van der Waals surface area contributed by atoms with Crippen LogP contribution < -0.4 is 15.0 Å². The Hall–Kier alpha value is -2.13. The third-order valence-corrected chi connectivity index (χ3v) is 9.50. The molecule has 2 heterocycles. The van der Waals surface area contributed by atoms with Crippen LogP contribution in [0.1, 0.15) is 52.9 Å². The highest BCUT2D eigenvalue weighted by molar-refractivity contribution is 7.89. The largest absolute Gasteiger partial charge is 0.482 e. The number of carbonyl (C=O) groups excluding carboxylic acids is 2. The van der Waals surface area contributed by atoms with Crippen LogP contribution in [0.2, 0.25) is 0 Å². The zero-order valence-electron chi connectivity index (χ0n) is 19.7. The number of carbonyl (C=O) groups is 2. The first-order valence-electron chi connectivity index (χ1n) is 12.0. The maximum Gasteiger partial charge on any atom is 0.265 e. The van der Waals surface area contributed by atoms with Gasteiger partial charge in [-0.25, -0.2) is 8.42 Å². The van der Waals surface area contributed by atoms with Gasteiger partial charge in [-0.3, -0.25) is 14.5 Å². The molecule has 182 valence electrons. The molecule has 2 amide bonds. The Labute approximate surface area is 196 Å². The van der Waals surface area contributed by atoms with Gasteiger partial charge < -0.3 is 10.1 Å². The van der Waals surface area contributed by atoms with E-state index in [9.17, 15) is 18.0 Å². The number of hydrogen-bond acceptors (Lipinski definition) is 5. The number of rotatable bonds is 5. The van der Waals surface area contributed by atoms with E-state index in [1.54, 1.807) is 6.07 Å². The van der Waals surface area contributed by atoms with Gasteiger partial charge in [0, 0.05) is 19.1 Å². The van der Waals surface area contributed by atoms with Crippen LogP contribution in [-0.4, -0.2) is 56.8 Å². The van der Waals surface area contributed by atoms with Crippen LogP contribution in [0.3, 0.4) is 0 Å². The maximum atomic E-state index is 13.2. The van der Waals surface area contributed by atoms with E-state index in [0.29, 0.717) is 42.3 Å². The van der Waals surface area contributed by atoms with Crippen molar-refractivity contribution in [1.82, 2.24) is 9.62 Å². The van der Waals surface area contributed by atoms with Crippen LogP contribution in [-0.2, 0) is 19.6 Å². The van der Waals surface area contributed by atoms with Gasteiger partial charge in [0.05, 0.1) is 10.6 Å². The third-order valence-electron chi connectivity index (χ3n) is 7.61. The molecule has 1 aromatic rings. The summed E-state index contributed by atoms with van der Waals surface area (Å²) in [7, 11) is -3.69. The van der Waals surface area contributed by atoms with Crippen molar-refractivity contribution in [1.29, 1.82) is 0 Å². The van der Waals surface area contributed by atoms with Gasteiger partial charge in [0.15, 0.2) is 6.61 Å². The number of nitrogens with zero attached hydrogens (tertiary/aromatic N) is 2. The highest BCUT2D eigenvalue weighted by atomic mass is 32.2. The summed E-state index contributed by atoms with van der Waals surface area (Å²) in [4.78, 5) is 27.0. The second-order valence-corrected chi connectivity index (χ2v) is 11.9. The molecule has 0 radical (unpaired) electrons. The summed E-state index contributed by atoms with van der Waals surface area (Å²) in [5.74, 6) is 1.24. The van der Waals surface area contributed by atoms with Crippen LogP contribution in [0, 0.1) is 17.8 Å². The number of hydrogen-bond donors (Lipinski definition) is 1. The molecule has 3 atom stereocenters. The van der Waals surface area contributed by atoms with E-state index in [1.807, 2.05) is 0 Å². The molecule has 1 saturated heterocycles. The lowest BCUT2D eigenvalue weighted by Gasteiger charge is -2.35. The number of fused-ring (bicyclic) bond motifs is 1. The van der Waals surface area contributed by atoms with E-state index < -0.39 is 10.0 Å². The highest BCUT2D eigenvalue weighted by Crippen LogP contribution is 2.36. The summed E-state index contributed by atoms with van der Waals surface area (Å²) < 4.78 is 33.5. The lowest BCUT2D eigenvalue weighted by atomic mass is 9.78. The predicted octanol–water partition coefficient (Wildman–Crippen LogP) is 2.77. The maximum absolute atomic E-state index is 13.2. The fourth-order valence-electron chi connectivity index (χ4n) is 5.07.